The highest BCUT2D eigenvalue weighted by molar-refractivity contribution is 5.69. The zero-order valence-corrected chi connectivity index (χ0v) is 7.17. The molecule has 0 amide bonds. The summed E-state index contributed by atoms with van der Waals surface area (Å²) in [5, 5.41) is 8.51. The van der Waals surface area contributed by atoms with E-state index in [2.05, 4.69) is 0 Å². The molecule has 0 aromatic carbocycles. The summed E-state index contributed by atoms with van der Waals surface area (Å²) in [5.41, 5.74) is 0. The Balaban J connectivity index is 3.17. The molecule has 0 fully saturated rings. The van der Waals surface area contributed by atoms with Crippen LogP contribution in [-0.4, -0.2) is 24.8 Å². The molecule has 0 rings (SSSR count). The van der Waals surface area contributed by atoms with Crippen molar-refractivity contribution in [2.45, 2.75) is 26.2 Å². The number of ether oxygens (including phenoxy) is 1. The van der Waals surface area contributed by atoms with Gasteiger partial charge in [0, 0.05) is 13.7 Å². The second-order valence-electron chi connectivity index (χ2n) is 2.73. The van der Waals surface area contributed by atoms with E-state index in [1.54, 1.807) is 14.0 Å². The Hall–Kier alpha value is -0.570. The Morgan fingerprint density at radius 1 is 1.55 bits per heavy atom. The molecular weight excluding hydrogens is 144 g/mol. The topological polar surface area (TPSA) is 46.5 Å². The first-order valence-electron chi connectivity index (χ1n) is 3.90. The van der Waals surface area contributed by atoms with Crippen LogP contribution in [-0.2, 0) is 9.53 Å². The zero-order chi connectivity index (χ0) is 8.69. The van der Waals surface area contributed by atoms with Gasteiger partial charge in [0.15, 0.2) is 0 Å². The summed E-state index contributed by atoms with van der Waals surface area (Å²) in [6.07, 6.45) is 2.63. The summed E-state index contributed by atoms with van der Waals surface area (Å²) < 4.78 is 4.84. The third kappa shape index (κ3) is 5.85. The van der Waals surface area contributed by atoms with Crippen LogP contribution in [0.5, 0.6) is 0 Å². The molecule has 0 aliphatic carbocycles. The highest BCUT2D eigenvalue weighted by Gasteiger charge is 2.08. The van der Waals surface area contributed by atoms with E-state index in [4.69, 9.17) is 9.84 Å². The van der Waals surface area contributed by atoms with Gasteiger partial charge in [0.2, 0.25) is 0 Å². The largest absolute Gasteiger partial charge is 0.481 e. The van der Waals surface area contributed by atoms with Crippen molar-refractivity contribution in [3.8, 4) is 0 Å². The van der Waals surface area contributed by atoms with Gasteiger partial charge in [-0.2, -0.15) is 0 Å². The molecule has 0 saturated heterocycles. The van der Waals surface area contributed by atoms with Crippen molar-refractivity contribution in [3.63, 3.8) is 0 Å². The minimum Gasteiger partial charge on any atom is -0.481 e. The second kappa shape index (κ2) is 6.16. The van der Waals surface area contributed by atoms with Crippen molar-refractivity contribution in [2.75, 3.05) is 13.7 Å². The minimum atomic E-state index is -0.706. The lowest BCUT2D eigenvalue weighted by Gasteiger charge is -2.04. The number of carbonyl (C=O) groups is 1. The molecule has 11 heavy (non-hydrogen) atoms. The standard InChI is InChI=1S/C8H16O3/c1-7(8(9)10)5-3-4-6-11-2/h7H,3-6H2,1-2H3,(H,9,10). The molecule has 1 unspecified atom stereocenters. The van der Waals surface area contributed by atoms with E-state index in [1.165, 1.54) is 0 Å². The van der Waals surface area contributed by atoms with E-state index in [0.29, 0.717) is 0 Å². The quantitative estimate of drug-likeness (QED) is 0.599. The highest BCUT2D eigenvalue weighted by atomic mass is 16.5. The molecule has 3 heteroatoms. The molecule has 0 aromatic heterocycles. The van der Waals surface area contributed by atoms with E-state index in [1.807, 2.05) is 0 Å². The lowest BCUT2D eigenvalue weighted by atomic mass is 10.1. The second-order valence-corrected chi connectivity index (χ2v) is 2.73. The first-order valence-corrected chi connectivity index (χ1v) is 3.90. The molecule has 0 spiro atoms. The molecule has 0 aliphatic heterocycles. The Morgan fingerprint density at radius 2 is 2.18 bits per heavy atom. The first kappa shape index (κ1) is 10.4. The van der Waals surface area contributed by atoms with Gasteiger partial charge in [-0.1, -0.05) is 13.3 Å². The number of rotatable bonds is 6. The van der Waals surface area contributed by atoms with Gasteiger partial charge in [-0.3, -0.25) is 4.79 Å². The summed E-state index contributed by atoms with van der Waals surface area (Å²) in [5.74, 6) is -0.922. The molecule has 0 bridgehead atoms. The average Bonchev–Trinajstić information content (AvgIpc) is 1.97. The summed E-state index contributed by atoms with van der Waals surface area (Å²) in [6, 6.07) is 0. The van der Waals surface area contributed by atoms with E-state index >= 15 is 0 Å². The number of aliphatic carboxylic acids is 1. The van der Waals surface area contributed by atoms with Gasteiger partial charge < -0.3 is 9.84 Å². The van der Waals surface area contributed by atoms with E-state index in [-0.39, 0.29) is 5.92 Å². The normalized spacial score (nSPS) is 12.9. The molecule has 1 N–H and O–H groups in total. The van der Waals surface area contributed by atoms with E-state index < -0.39 is 5.97 Å². The van der Waals surface area contributed by atoms with Gasteiger partial charge >= 0.3 is 5.97 Å². The smallest absolute Gasteiger partial charge is 0.306 e. The maximum atomic E-state index is 10.3. The fraction of sp³-hybridized carbons (Fsp3) is 0.875. The van der Waals surface area contributed by atoms with Crippen LogP contribution < -0.4 is 0 Å². The van der Waals surface area contributed by atoms with Gasteiger partial charge in [0.05, 0.1) is 5.92 Å². The fourth-order valence-electron chi connectivity index (χ4n) is 0.820. The number of hydrogen-bond acceptors (Lipinski definition) is 2. The fourth-order valence-corrected chi connectivity index (χ4v) is 0.820. The Labute approximate surface area is 67.4 Å². The van der Waals surface area contributed by atoms with Crippen LogP contribution in [0.4, 0.5) is 0 Å². The van der Waals surface area contributed by atoms with Gasteiger partial charge in [-0.15, -0.1) is 0 Å². The zero-order valence-electron chi connectivity index (χ0n) is 7.17. The third-order valence-corrected chi connectivity index (χ3v) is 1.66. The molecule has 3 nitrogen and oxygen atoms in total. The van der Waals surface area contributed by atoms with E-state index in [9.17, 15) is 4.79 Å². The summed E-state index contributed by atoms with van der Waals surface area (Å²) in [4.78, 5) is 10.3. The Morgan fingerprint density at radius 3 is 2.64 bits per heavy atom. The van der Waals surface area contributed by atoms with Gasteiger partial charge in [0.1, 0.15) is 0 Å². The van der Waals surface area contributed by atoms with Gasteiger partial charge in [-0.05, 0) is 12.8 Å². The van der Waals surface area contributed by atoms with Crippen LogP contribution >= 0.6 is 0 Å². The predicted octanol–water partition coefficient (Wildman–Crippen LogP) is 1.52. The minimum absolute atomic E-state index is 0.216. The molecule has 0 heterocycles. The van der Waals surface area contributed by atoms with Crippen molar-refractivity contribution >= 4 is 5.97 Å². The van der Waals surface area contributed by atoms with Crippen molar-refractivity contribution < 1.29 is 14.6 Å². The number of unbranched alkanes of at least 4 members (excludes halogenated alkanes) is 1. The molecule has 1 atom stereocenters. The van der Waals surface area contributed by atoms with Gasteiger partial charge in [-0.25, -0.2) is 0 Å². The van der Waals surface area contributed by atoms with Gasteiger partial charge in [0.25, 0.3) is 0 Å². The Bertz CT molecular complexity index is 112. The third-order valence-electron chi connectivity index (χ3n) is 1.66. The lowest BCUT2D eigenvalue weighted by molar-refractivity contribution is -0.141. The van der Waals surface area contributed by atoms with E-state index in [0.717, 1.165) is 25.9 Å². The highest BCUT2D eigenvalue weighted by Crippen LogP contribution is 2.07. The molecular formula is C8H16O3. The number of methoxy groups -OCH3 is 1. The number of hydrogen-bond donors (Lipinski definition) is 1. The maximum Gasteiger partial charge on any atom is 0.306 e. The summed E-state index contributed by atoms with van der Waals surface area (Å²) >= 11 is 0. The maximum absolute atomic E-state index is 10.3. The van der Waals surface area contributed by atoms with Crippen molar-refractivity contribution in [1.82, 2.24) is 0 Å². The average molecular weight is 160 g/mol. The van der Waals surface area contributed by atoms with Crippen LogP contribution in [0.25, 0.3) is 0 Å². The molecule has 0 aliphatic rings. The SMILES string of the molecule is COCCCCC(C)C(=O)O. The Kier molecular flexibility index (Phi) is 5.84. The van der Waals surface area contributed by atoms with Crippen LogP contribution in [0, 0.1) is 5.92 Å². The molecule has 0 radical (unpaired) electrons. The molecule has 0 aromatic rings. The van der Waals surface area contributed by atoms with Crippen LogP contribution in [0.15, 0.2) is 0 Å². The lowest BCUT2D eigenvalue weighted by Crippen LogP contribution is -2.09. The van der Waals surface area contributed by atoms with Crippen LogP contribution in [0.3, 0.4) is 0 Å². The molecule has 0 saturated carbocycles. The summed E-state index contributed by atoms with van der Waals surface area (Å²) in [7, 11) is 1.65. The van der Waals surface area contributed by atoms with Crippen molar-refractivity contribution in [3.05, 3.63) is 0 Å². The van der Waals surface area contributed by atoms with Crippen LogP contribution in [0.1, 0.15) is 26.2 Å². The summed E-state index contributed by atoms with van der Waals surface area (Å²) in [6.45, 7) is 2.46. The van der Waals surface area contributed by atoms with Crippen molar-refractivity contribution in [2.24, 2.45) is 5.92 Å². The predicted molar refractivity (Wildman–Crippen MR) is 42.5 cm³/mol. The van der Waals surface area contributed by atoms with Crippen molar-refractivity contribution in [1.29, 1.82) is 0 Å². The van der Waals surface area contributed by atoms with Crippen LogP contribution in [0.2, 0.25) is 0 Å². The first-order chi connectivity index (χ1) is 5.18. The monoisotopic (exact) mass is 160 g/mol. The molecule has 66 valence electrons. The number of carboxylic acids is 1. The number of carboxylic acid groups (broad SMARTS) is 1.